The van der Waals surface area contributed by atoms with E-state index >= 15 is 0 Å². The van der Waals surface area contributed by atoms with E-state index in [2.05, 4.69) is 46.4 Å². The summed E-state index contributed by atoms with van der Waals surface area (Å²) in [5.41, 5.74) is 3.28. The molecule has 0 amide bonds. The van der Waals surface area contributed by atoms with Gasteiger partial charge in [-0.2, -0.15) is 0 Å². The fourth-order valence-corrected chi connectivity index (χ4v) is 2.33. The van der Waals surface area contributed by atoms with Gasteiger partial charge in [0.05, 0.1) is 13.2 Å². The molecule has 0 fully saturated rings. The van der Waals surface area contributed by atoms with Crippen molar-refractivity contribution >= 4 is 5.69 Å². The van der Waals surface area contributed by atoms with Gasteiger partial charge in [0.25, 0.3) is 0 Å². The van der Waals surface area contributed by atoms with Crippen molar-refractivity contribution in [1.29, 1.82) is 0 Å². The SMILES string of the molecule is CCNC(c1ccc(N(C)C)cc1)c1ncccc1OC. The molecule has 0 aliphatic heterocycles. The zero-order valence-corrected chi connectivity index (χ0v) is 13.1. The highest BCUT2D eigenvalue weighted by atomic mass is 16.5. The Morgan fingerprint density at radius 1 is 1.19 bits per heavy atom. The second-order valence-corrected chi connectivity index (χ2v) is 5.07. The Bertz CT molecular complexity index is 567. The lowest BCUT2D eigenvalue weighted by Gasteiger charge is -2.21. The van der Waals surface area contributed by atoms with Crippen LogP contribution in [0, 0.1) is 0 Å². The average molecular weight is 285 g/mol. The molecular formula is C17H23N3O. The molecule has 0 bridgehead atoms. The maximum absolute atomic E-state index is 5.45. The van der Waals surface area contributed by atoms with Gasteiger partial charge in [-0.25, -0.2) is 0 Å². The van der Waals surface area contributed by atoms with E-state index in [4.69, 9.17) is 4.74 Å². The van der Waals surface area contributed by atoms with Crippen molar-refractivity contribution in [2.24, 2.45) is 0 Å². The normalized spacial score (nSPS) is 12.0. The first kappa shape index (κ1) is 15.3. The number of hydrogen-bond acceptors (Lipinski definition) is 4. The zero-order chi connectivity index (χ0) is 15.2. The van der Waals surface area contributed by atoms with Gasteiger partial charge < -0.3 is 15.0 Å². The number of ether oxygens (including phenoxy) is 1. The van der Waals surface area contributed by atoms with Crippen LogP contribution in [-0.4, -0.2) is 32.7 Å². The minimum absolute atomic E-state index is 0.0300. The number of hydrogen-bond donors (Lipinski definition) is 1. The first-order chi connectivity index (χ1) is 10.2. The van der Waals surface area contributed by atoms with E-state index in [0.717, 1.165) is 18.0 Å². The summed E-state index contributed by atoms with van der Waals surface area (Å²) in [6.45, 7) is 2.95. The third kappa shape index (κ3) is 3.52. The van der Waals surface area contributed by atoms with Crippen LogP contribution in [0.1, 0.15) is 24.2 Å². The molecular weight excluding hydrogens is 262 g/mol. The van der Waals surface area contributed by atoms with Gasteiger partial charge in [0.2, 0.25) is 0 Å². The minimum atomic E-state index is 0.0300. The lowest BCUT2D eigenvalue weighted by molar-refractivity contribution is 0.400. The van der Waals surface area contributed by atoms with Crippen molar-refractivity contribution in [2.75, 3.05) is 32.6 Å². The number of rotatable bonds is 6. The summed E-state index contributed by atoms with van der Waals surface area (Å²) in [5, 5.41) is 3.48. The Hall–Kier alpha value is -2.07. The third-order valence-corrected chi connectivity index (χ3v) is 3.44. The number of nitrogens with one attached hydrogen (secondary N) is 1. The first-order valence-corrected chi connectivity index (χ1v) is 7.17. The molecule has 21 heavy (non-hydrogen) atoms. The van der Waals surface area contributed by atoms with Gasteiger partial charge in [-0.15, -0.1) is 0 Å². The Labute approximate surface area is 126 Å². The van der Waals surface area contributed by atoms with Crippen molar-refractivity contribution in [3.63, 3.8) is 0 Å². The van der Waals surface area contributed by atoms with Crippen LogP contribution in [0.25, 0.3) is 0 Å². The summed E-state index contributed by atoms with van der Waals surface area (Å²) in [5.74, 6) is 0.806. The van der Waals surface area contributed by atoms with Gasteiger partial charge in [-0.05, 0) is 36.4 Å². The van der Waals surface area contributed by atoms with Crippen LogP contribution >= 0.6 is 0 Å². The van der Waals surface area contributed by atoms with E-state index in [1.165, 1.54) is 11.3 Å². The first-order valence-electron chi connectivity index (χ1n) is 7.17. The molecule has 112 valence electrons. The topological polar surface area (TPSA) is 37.4 Å². The molecule has 1 heterocycles. The molecule has 1 unspecified atom stereocenters. The van der Waals surface area contributed by atoms with E-state index in [-0.39, 0.29) is 6.04 Å². The fraction of sp³-hybridized carbons (Fsp3) is 0.353. The molecule has 0 aliphatic carbocycles. The molecule has 0 saturated carbocycles. The Morgan fingerprint density at radius 2 is 1.90 bits per heavy atom. The lowest BCUT2D eigenvalue weighted by atomic mass is 10.0. The van der Waals surface area contributed by atoms with E-state index in [1.807, 2.05) is 26.2 Å². The van der Waals surface area contributed by atoms with Gasteiger partial charge in [0, 0.05) is 26.0 Å². The summed E-state index contributed by atoms with van der Waals surface area (Å²) in [6.07, 6.45) is 1.80. The smallest absolute Gasteiger partial charge is 0.142 e. The second-order valence-electron chi connectivity index (χ2n) is 5.07. The van der Waals surface area contributed by atoms with Crippen molar-refractivity contribution in [2.45, 2.75) is 13.0 Å². The maximum Gasteiger partial charge on any atom is 0.142 e. The fourth-order valence-electron chi connectivity index (χ4n) is 2.33. The van der Waals surface area contributed by atoms with Crippen LogP contribution in [0.2, 0.25) is 0 Å². The molecule has 0 aliphatic rings. The number of methoxy groups -OCH3 is 1. The van der Waals surface area contributed by atoms with Crippen LogP contribution in [0.4, 0.5) is 5.69 Å². The lowest BCUT2D eigenvalue weighted by Crippen LogP contribution is -2.23. The van der Waals surface area contributed by atoms with E-state index in [9.17, 15) is 0 Å². The van der Waals surface area contributed by atoms with E-state index < -0.39 is 0 Å². The quantitative estimate of drug-likeness (QED) is 0.885. The summed E-state index contributed by atoms with van der Waals surface area (Å²) in [6, 6.07) is 12.4. The molecule has 2 aromatic rings. The van der Waals surface area contributed by atoms with Crippen LogP contribution in [0.3, 0.4) is 0 Å². The van der Waals surface area contributed by atoms with Gasteiger partial charge in [0.15, 0.2) is 0 Å². The molecule has 1 N–H and O–H groups in total. The average Bonchev–Trinajstić information content (AvgIpc) is 2.52. The van der Waals surface area contributed by atoms with Crippen LogP contribution in [-0.2, 0) is 0 Å². The molecule has 1 aromatic heterocycles. The molecule has 0 saturated heterocycles. The Balaban J connectivity index is 2.38. The molecule has 2 rings (SSSR count). The predicted molar refractivity (Wildman–Crippen MR) is 87.1 cm³/mol. The van der Waals surface area contributed by atoms with Crippen LogP contribution < -0.4 is 15.0 Å². The zero-order valence-electron chi connectivity index (χ0n) is 13.1. The number of nitrogens with zero attached hydrogens (tertiary/aromatic N) is 2. The van der Waals surface area contributed by atoms with Gasteiger partial charge in [-0.1, -0.05) is 19.1 Å². The predicted octanol–water partition coefficient (Wildman–Crippen LogP) is 2.86. The Morgan fingerprint density at radius 3 is 2.48 bits per heavy atom. The summed E-state index contributed by atoms with van der Waals surface area (Å²) in [7, 11) is 5.76. The Kier molecular flexibility index (Phi) is 5.17. The third-order valence-electron chi connectivity index (χ3n) is 3.44. The minimum Gasteiger partial charge on any atom is -0.495 e. The van der Waals surface area contributed by atoms with Gasteiger partial charge >= 0.3 is 0 Å². The number of benzene rings is 1. The monoisotopic (exact) mass is 285 g/mol. The van der Waals surface area contributed by atoms with Crippen LogP contribution in [0.5, 0.6) is 5.75 Å². The summed E-state index contributed by atoms with van der Waals surface area (Å²) in [4.78, 5) is 6.60. The van der Waals surface area contributed by atoms with Crippen molar-refractivity contribution < 1.29 is 4.74 Å². The highest BCUT2D eigenvalue weighted by molar-refractivity contribution is 5.48. The van der Waals surface area contributed by atoms with Crippen LogP contribution in [0.15, 0.2) is 42.6 Å². The summed E-state index contributed by atoms with van der Waals surface area (Å²) >= 11 is 0. The standard InChI is InChI=1S/C17H23N3O/c1-5-18-16(17-15(21-4)7-6-12-19-17)13-8-10-14(11-9-13)20(2)3/h6-12,16,18H,5H2,1-4H3. The number of pyridine rings is 1. The maximum atomic E-state index is 5.45. The van der Waals surface area contributed by atoms with Crippen molar-refractivity contribution in [3.05, 3.63) is 53.9 Å². The van der Waals surface area contributed by atoms with E-state index in [1.54, 1.807) is 13.3 Å². The molecule has 0 spiro atoms. The van der Waals surface area contributed by atoms with Gasteiger partial charge in [0.1, 0.15) is 11.4 Å². The second kappa shape index (κ2) is 7.09. The van der Waals surface area contributed by atoms with Gasteiger partial charge in [-0.3, -0.25) is 4.98 Å². The molecule has 1 aromatic carbocycles. The van der Waals surface area contributed by atoms with Crippen molar-refractivity contribution in [1.82, 2.24) is 10.3 Å². The highest BCUT2D eigenvalue weighted by Gasteiger charge is 2.18. The largest absolute Gasteiger partial charge is 0.495 e. The molecule has 4 nitrogen and oxygen atoms in total. The van der Waals surface area contributed by atoms with E-state index in [0.29, 0.717) is 0 Å². The molecule has 4 heteroatoms. The molecule has 1 atom stereocenters. The summed E-state index contributed by atoms with van der Waals surface area (Å²) < 4.78 is 5.45. The number of aromatic nitrogens is 1. The number of anilines is 1. The van der Waals surface area contributed by atoms with Crippen molar-refractivity contribution in [3.8, 4) is 5.75 Å². The highest BCUT2D eigenvalue weighted by Crippen LogP contribution is 2.28. The molecule has 0 radical (unpaired) electrons.